The van der Waals surface area contributed by atoms with Gasteiger partial charge in [-0.15, -0.1) is 12.8 Å². The van der Waals surface area contributed by atoms with Crippen molar-refractivity contribution in [1.29, 1.82) is 0 Å². The van der Waals surface area contributed by atoms with E-state index in [9.17, 15) is 0 Å². The standard InChI is InChI=1S/C64H51BNO5.BrH.36H2/c1-10-15-18-20-22-24-26-28-30-32-34-36-38-40-42-44-48-66(9,49-45-43-41-39-37-35-33-31-29-27-25-23-21-19-16-11-2)50-46-51-68-71-61(14-5)55-63-54-59(8)69-65(70-63)64-57(6)52-62(53-58(64)7)67-56-60(13-4)47-17-12-3;;;;;;;;;;;;;;;;;;;;;;;;;;;;;;;;;;;;;/h1-2,52-53,59-61,63H,12-14,17,46-47,50-51,54-56H2,3-9H3;37*1H/q+1;;;;;;;;;;;;;;;;;;;;;;;;;;;;;;;;;;;;;/p-1. The third-order valence-corrected chi connectivity index (χ3v) is 9.62. The normalized spacial score (nSPS) is 12.2. The smallest absolute Gasteiger partial charge is 0.494 e. The number of hydrogen-bond acceptors (Lipinski definition) is 5. The van der Waals surface area contributed by atoms with Crippen LogP contribution in [-0.4, -0.2) is 56.7 Å². The molecular formula is C64H123BBrNO5. The summed E-state index contributed by atoms with van der Waals surface area (Å²) in [5.74, 6) is 82.6. The molecule has 4 unspecified atom stereocenters. The van der Waals surface area contributed by atoms with Gasteiger partial charge in [-0.2, -0.15) is 4.48 Å². The van der Waals surface area contributed by atoms with E-state index >= 15 is 0 Å². The molecular weight excluding hydrogens is 953 g/mol. The summed E-state index contributed by atoms with van der Waals surface area (Å²) in [5.41, 5.74) is 3.20. The molecule has 72 heavy (non-hydrogen) atoms. The molecule has 1 fully saturated rings. The predicted octanol–water partition coefficient (Wildman–Crippen LogP) is 11.8. The Labute approximate surface area is 496 Å². The van der Waals surface area contributed by atoms with Gasteiger partial charge in [0.05, 0.1) is 38.2 Å². The first-order valence-electron chi connectivity index (χ1n) is 22.8. The van der Waals surface area contributed by atoms with E-state index in [-0.39, 0.29) is 91.1 Å². The van der Waals surface area contributed by atoms with Crippen LogP contribution < -0.4 is 27.2 Å². The van der Waals surface area contributed by atoms with Crippen LogP contribution in [-0.2, 0) is 19.1 Å². The molecule has 0 spiro atoms. The fourth-order valence-electron chi connectivity index (χ4n) is 6.17. The Kier molecular flexibility index (Phi) is 34.4. The zero-order valence-corrected chi connectivity index (χ0v) is 43.4. The molecule has 6 nitrogen and oxygen atoms in total. The van der Waals surface area contributed by atoms with Crippen molar-refractivity contribution in [1.82, 2.24) is 0 Å². The lowest BCUT2D eigenvalue weighted by molar-refractivity contribution is -0.773. The summed E-state index contributed by atoms with van der Waals surface area (Å²) in [4.78, 5) is 11.7. The average Bonchev–Trinajstić information content (AvgIpc) is 3.35. The maximum atomic E-state index is 6.60. The Morgan fingerprint density at radius 3 is 1.47 bits per heavy atom. The van der Waals surface area contributed by atoms with Crippen LogP contribution in [0.15, 0.2) is 12.1 Å². The van der Waals surface area contributed by atoms with Gasteiger partial charge in [0.15, 0.2) is 12.1 Å². The van der Waals surface area contributed by atoms with Crippen molar-refractivity contribution in [2.75, 3.05) is 26.8 Å². The monoisotopic (exact) mass is 1080 g/mol. The van der Waals surface area contributed by atoms with Crippen LogP contribution in [0.3, 0.4) is 0 Å². The van der Waals surface area contributed by atoms with Gasteiger partial charge in [-0.1, -0.05) is 40.0 Å². The first-order chi connectivity index (χ1) is 34.7. The van der Waals surface area contributed by atoms with Crippen LogP contribution in [0.4, 0.5) is 0 Å². The molecule has 0 aromatic heterocycles. The second kappa shape index (κ2) is 40.3. The van der Waals surface area contributed by atoms with Crippen LogP contribution in [0, 0.1) is 234 Å². The third kappa shape index (κ3) is 29.4. The van der Waals surface area contributed by atoms with Crippen molar-refractivity contribution >= 4 is 12.6 Å². The summed E-state index contributed by atoms with van der Waals surface area (Å²) >= 11 is 0. The first-order valence-corrected chi connectivity index (χ1v) is 22.8. The minimum absolute atomic E-state index is 0. The second-order valence-corrected chi connectivity index (χ2v) is 15.2. The van der Waals surface area contributed by atoms with Gasteiger partial charge in [0, 0.05) is 159 Å². The second-order valence-electron chi connectivity index (χ2n) is 15.2. The number of ether oxygens (including phenoxy) is 1. The molecule has 0 radical (unpaired) electrons. The number of aryl methyl sites for hydroxylation is 2. The van der Waals surface area contributed by atoms with E-state index in [1.807, 2.05) is 7.05 Å². The summed E-state index contributed by atoms with van der Waals surface area (Å²) in [6, 6.07) is 10.3. The van der Waals surface area contributed by atoms with Crippen molar-refractivity contribution < 1.29 is 96.6 Å². The summed E-state index contributed by atoms with van der Waals surface area (Å²) in [6.07, 6.45) is 17.1. The number of terminal acetylenes is 2. The number of hydrogen-bond donors (Lipinski definition) is 0. The van der Waals surface area contributed by atoms with Crippen molar-refractivity contribution in [2.45, 2.75) is 111 Å². The van der Waals surface area contributed by atoms with Crippen LogP contribution in [0.1, 0.15) is 142 Å². The molecule has 1 aliphatic heterocycles. The maximum absolute atomic E-state index is 6.60. The number of unbranched alkanes of at least 4 members (excludes halogenated alkanes) is 1. The first kappa shape index (κ1) is 61.5. The topological polar surface area (TPSA) is 46.2 Å². The Hall–Kier alpha value is -8.56. The lowest BCUT2D eigenvalue weighted by atomic mass is 9.71. The zero-order chi connectivity index (χ0) is 51.5. The number of halogens is 1. The lowest BCUT2D eigenvalue weighted by Gasteiger charge is -2.35. The number of benzene rings is 1. The summed E-state index contributed by atoms with van der Waals surface area (Å²) < 4.78 is 19.2. The van der Waals surface area contributed by atoms with Gasteiger partial charge in [-0.25, -0.2) is 9.78 Å². The molecule has 0 bridgehead atoms. The van der Waals surface area contributed by atoms with E-state index < -0.39 is 7.12 Å². The molecule has 424 valence electrons. The lowest BCUT2D eigenvalue weighted by Crippen LogP contribution is -3.00. The van der Waals surface area contributed by atoms with Crippen LogP contribution >= 0.6 is 0 Å². The Bertz CT molecular complexity index is 3140. The molecule has 4 atom stereocenters. The highest BCUT2D eigenvalue weighted by Crippen LogP contribution is 2.25. The van der Waals surface area contributed by atoms with E-state index in [1.54, 1.807) is 0 Å². The Balaban J connectivity index is -0.0000000412. The molecule has 1 aliphatic rings. The number of quaternary nitrogens is 1. The largest absolute Gasteiger partial charge is 1.00 e. The van der Waals surface area contributed by atoms with E-state index in [0.29, 0.717) is 31.9 Å². The molecule has 0 amide bonds. The molecule has 1 heterocycles. The Morgan fingerprint density at radius 2 is 1.07 bits per heavy atom. The van der Waals surface area contributed by atoms with E-state index in [4.69, 9.17) is 36.7 Å². The molecule has 0 aliphatic carbocycles. The van der Waals surface area contributed by atoms with Gasteiger partial charge in [0.1, 0.15) is 12.3 Å². The van der Waals surface area contributed by atoms with Crippen LogP contribution in [0.5, 0.6) is 5.75 Å². The summed E-state index contributed by atoms with van der Waals surface area (Å²) in [6.45, 7) is 14.3. The SMILES string of the molecule is C#CC#CC#CC#CC#CC#CC#CC#CC#C[N+](C)(C#CC#CC#CC#CC#CC#CC#CC#CC#C)CCCOOC(CC)CC1CC(C)OB(c2c(C)cc(OCC(CC)CCCC)cc2C)O1.[Br-].[HH].[HH].[HH].[HH].[HH].[HH].[HH].[HH].[HH].[HH].[HH].[HH].[HH].[HH].[HH].[HH].[HH].[HH].[HH].[HH].[HH].[HH].[HH].[HH].[HH].[HH].[HH].[HH].[HH].[HH].[HH].[HH].[HH].[HH].[HH].[HH]. The molecule has 2 rings (SSSR count). The highest BCUT2D eigenvalue weighted by atomic mass is 79.9. The molecule has 1 aromatic rings. The third-order valence-electron chi connectivity index (χ3n) is 9.62. The van der Waals surface area contributed by atoms with E-state index in [0.717, 1.165) is 48.2 Å². The van der Waals surface area contributed by atoms with Crippen molar-refractivity contribution in [3.63, 3.8) is 0 Å². The van der Waals surface area contributed by atoms with Crippen molar-refractivity contribution in [2.24, 2.45) is 5.92 Å². The van der Waals surface area contributed by atoms with Gasteiger partial charge in [-0.05, 0) is 169 Å². The quantitative estimate of drug-likeness (QED) is 0.0389. The zero-order valence-electron chi connectivity index (χ0n) is 41.8. The molecule has 1 saturated heterocycles. The van der Waals surface area contributed by atoms with E-state index in [2.05, 4.69) is 255 Å². The summed E-state index contributed by atoms with van der Waals surface area (Å²) in [5, 5.41) is 0. The van der Waals surface area contributed by atoms with Gasteiger partial charge < -0.3 is 31.0 Å². The van der Waals surface area contributed by atoms with Gasteiger partial charge >= 0.3 is 7.12 Å². The Morgan fingerprint density at radius 1 is 0.639 bits per heavy atom. The molecule has 1 aromatic carbocycles. The van der Waals surface area contributed by atoms with Gasteiger partial charge in [-0.3, -0.25) is 0 Å². The average molecular weight is 1080 g/mol. The highest BCUT2D eigenvalue weighted by molar-refractivity contribution is 6.62. The number of rotatable bonds is 17. The number of nitrogens with zero attached hydrogens (tertiary/aromatic N) is 1. The van der Waals surface area contributed by atoms with E-state index in [1.165, 1.54) is 19.3 Å². The van der Waals surface area contributed by atoms with Crippen LogP contribution in [0.25, 0.3) is 0 Å². The molecule has 8 heteroatoms. The fraction of sp³-hybridized carbons (Fsp3) is 0.344. The van der Waals surface area contributed by atoms with Crippen LogP contribution in [0.2, 0.25) is 0 Å². The van der Waals surface area contributed by atoms with Crippen molar-refractivity contribution in [3.8, 4) is 220 Å². The van der Waals surface area contributed by atoms with Gasteiger partial charge in [0.25, 0.3) is 0 Å². The predicted molar refractivity (Wildman–Crippen MR) is 360 cm³/mol. The fourth-order valence-corrected chi connectivity index (χ4v) is 6.17. The molecule has 0 N–H and O–H groups in total. The minimum Gasteiger partial charge on any atom is -1.00 e. The minimum atomic E-state index is -0.494. The summed E-state index contributed by atoms with van der Waals surface area (Å²) in [7, 11) is 1.34. The van der Waals surface area contributed by atoms with Crippen molar-refractivity contribution in [3.05, 3.63) is 23.3 Å². The molecule has 0 saturated carbocycles. The van der Waals surface area contributed by atoms with Gasteiger partial charge in [0.2, 0.25) is 0 Å². The maximum Gasteiger partial charge on any atom is 0.494 e. The highest BCUT2D eigenvalue weighted by Gasteiger charge is 2.37.